The fourth-order valence-electron chi connectivity index (χ4n) is 4.37. The number of fused-ring (bicyclic) bond motifs is 2. The molecule has 0 unspecified atom stereocenters. The number of benzene rings is 3. The lowest BCUT2D eigenvalue weighted by Crippen LogP contribution is -2.20. The maximum absolute atomic E-state index is 15.9. The lowest BCUT2D eigenvalue weighted by atomic mass is 9.93. The van der Waals surface area contributed by atoms with Crippen LogP contribution in [0.25, 0.3) is 32.8 Å². The van der Waals surface area contributed by atoms with Gasteiger partial charge in [-0.1, -0.05) is 18.1 Å². The number of rotatable bonds is 3. The van der Waals surface area contributed by atoms with Crippen molar-refractivity contribution < 1.29 is 18.6 Å². The van der Waals surface area contributed by atoms with Crippen molar-refractivity contribution in [3.05, 3.63) is 53.6 Å². The quantitative estimate of drug-likeness (QED) is 0.462. The summed E-state index contributed by atoms with van der Waals surface area (Å²) in [5.41, 5.74) is 0.530. The summed E-state index contributed by atoms with van der Waals surface area (Å²) < 4.78 is 35.6. The number of terminal acetylenes is 1. The maximum Gasteiger partial charge on any atom is 0.318 e. The molecule has 5 rings (SSSR count). The van der Waals surface area contributed by atoms with Gasteiger partial charge in [0.2, 0.25) is 0 Å². The Morgan fingerprint density at radius 2 is 1.84 bits per heavy atom. The van der Waals surface area contributed by atoms with E-state index >= 15 is 4.39 Å². The number of hydrogen-bond donors (Lipinski definition) is 1. The van der Waals surface area contributed by atoms with Gasteiger partial charge in [0, 0.05) is 29.4 Å². The molecule has 1 aliphatic heterocycles. The van der Waals surface area contributed by atoms with Crippen molar-refractivity contribution in [1.82, 2.24) is 9.97 Å². The molecule has 0 bridgehead atoms. The smallest absolute Gasteiger partial charge is 0.318 e. The number of phenolic OH excluding ortho intramolecular Hbond substituents is 1. The fraction of sp³-hybridized carbons (Fsp3) is 0.200. The molecule has 1 fully saturated rings. The molecule has 32 heavy (non-hydrogen) atoms. The number of halogens is 2. The van der Waals surface area contributed by atoms with Crippen LogP contribution in [0.2, 0.25) is 0 Å². The van der Waals surface area contributed by atoms with Crippen LogP contribution in [0.15, 0.2) is 36.4 Å². The van der Waals surface area contributed by atoms with E-state index in [1.54, 1.807) is 12.1 Å². The summed E-state index contributed by atoms with van der Waals surface area (Å²) in [4.78, 5) is 10.8. The highest BCUT2D eigenvalue weighted by Crippen LogP contribution is 2.40. The number of ether oxygens (including phenoxy) is 1. The molecule has 0 radical (unpaired) electrons. The van der Waals surface area contributed by atoms with Crippen molar-refractivity contribution in [3.63, 3.8) is 0 Å². The summed E-state index contributed by atoms with van der Waals surface area (Å²) >= 11 is 0. The molecule has 0 atom stereocenters. The van der Waals surface area contributed by atoms with E-state index in [0.717, 1.165) is 25.9 Å². The molecule has 0 aliphatic carbocycles. The third kappa shape index (κ3) is 3.07. The van der Waals surface area contributed by atoms with E-state index in [2.05, 4.69) is 20.8 Å². The first kappa shape index (κ1) is 20.0. The Balaban J connectivity index is 1.83. The Bertz CT molecular complexity index is 1420. The summed E-state index contributed by atoms with van der Waals surface area (Å²) in [5.74, 6) is 1.68. The molecular formula is C25H19F2N3O2. The molecule has 160 valence electrons. The van der Waals surface area contributed by atoms with Crippen molar-refractivity contribution in [3.8, 4) is 35.2 Å². The van der Waals surface area contributed by atoms with E-state index in [-0.39, 0.29) is 34.0 Å². The average molecular weight is 431 g/mol. The lowest BCUT2D eigenvalue weighted by Gasteiger charge is -2.20. The number of phenols is 1. The molecule has 2 heterocycles. The van der Waals surface area contributed by atoms with Crippen molar-refractivity contribution in [2.75, 3.05) is 25.1 Å². The molecule has 1 N–H and O–H groups in total. The molecule has 7 heteroatoms. The number of aromatic nitrogens is 2. The minimum absolute atomic E-state index is 0.00928. The van der Waals surface area contributed by atoms with E-state index in [9.17, 15) is 9.50 Å². The van der Waals surface area contributed by atoms with Crippen LogP contribution in [0.3, 0.4) is 0 Å². The van der Waals surface area contributed by atoms with E-state index in [0.29, 0.717) is 22.0 Å². The van der Waals surface area contributed by atoms with Gasteiger partial charge >= 0.3 is 6.01 Å². The highest BCUT2D eigenvalue weighted by atomic mass is 19.1. The van der Waals surface area contributed by atoms with Gasteiger partial charge in [0.1, 0.15) is 22.9 Å². The molecule has 0 saturated carbocycles. The van der Waals surface area contributed by atoms with Gasteiger partial charge in [-0.15, -0.1) is 6.42 Å². The Morgan fingerprint density at radius 3 is 2.56 bits per heavy atom. The van der Waals surface area contributed by atoms with Crippen LogP contribution in [0, 0.1) is 24.0 Å². The fourth-order valence-corrected chi connectivity index (χ4v) is 4.37. The Morgan fingerprint density at radius 1 is 1.06 bits per heavy atom. The highest BCUT2D eigenvalue weighted by Gasteiger charge is 2.23. The Labute approximate surface area is 183 Å². The second-order valence-corrected chi connectivity index (χ2v) is 7.71. The van der Waals surface area contributed by atoms with Gasteiger partial charge in [-0.25, -0.2) is 8.78 Å². The van der Waals surface area contributed by atoms with Crippen LogP contribution in [-0.2, 0) is 0 Å². The van der Waals surface area contributed by atoms with Crippen LogP contribution in [0.4, 0.5) is 14.6 Å². The highest BCUT2D eigenvalue weighted by molar-refractivity contribution is 6.04. The molecular weight excluding hydrogens is 412 g/mol. The van der Waals surface area contributed by atoms with Gasteiger partial charge in [-0.2, -0.15) is 9.97 Å². The summed E-state index contributed by atoms with van der Waals surface area (Å²) in [6.45, 7) is 1.64. The van der Waals surface area contributed by atoms with Gasteiger partial charge < -0.3 is 14.7 Å². The van der Waals surface area contributed by atoms with Crippen molar-refractivity contribution in [2.45, 2.75) is 12.8 Å². The second-order valence-electron chi connectivity index (χ2n) is 7.71. The average Bonchev–Trinajstić information content (AvgIpc) is 3.33. The topological polar surface area (TPSA) is 58.5 Å². The maximum atomic E-state index is 15.9. The molecule has 1 saturated heterocycles. The number of aromatic hydroxyl groups is 1. The van der Waals surface area contributed by atoms with Crippen LogP contribution < -0.4 is 9.64 Å². The van der Waals surface area contributed by atoms with Crippen molar-refractivity contribution >= 4 is 27.5 Å². The second kappa shape index (κ2) is 7.65. The molecule has 0 amide bonds. The standard InChI is InChI=1S/C25H19F2N3O2/c1-3-16-20(26)9-6-14-12-15(31)13-19(21(14)16)17-7-8-18-23(22(17)27)28-25(32-2)29-24(18)30-10-4-5-11-30/h1,6-9,12-13,31H,4-5,10-11H2,2H3. The summed E-state index contributed by atoms with van der Waals surface area (Å²) in [7, 11) is 1.43. The number of nitrogens with zero attached hydrogens (tertiary/aromatic N) is 3. The van der Waals surface area contributed by atoms with Gasteiger partial charge in [0.05, 0.1) is 12.7 Å². The predicted molar refractivity (Wildman–Crippen MR) is 120 cm³/mol. The van der Waals surface area contributed by atoms with E-state index in [1.807, 2.05) is 0 Å². The molecule has 3 aromatic carbocycles. The zero-order chi connectivity index (χ0) is 22.4. The molecule has 5 nitrogen and oxygen atoms in total. The van der Waals surface area contributed by atoms with Crippen LogP contribution in [-0.4, -0.2) is 35.3 Å². The van der Waals surface area contributed by atoms with E-state index in [4.69, 9.17) is 11.2 Å². The first-order chi connectivity index (χ1) is 15.5. The van der Waals surface area contributed by atoms with Crippen LogP contribution >= 0.6 is 0 Å². The summed E-state index contributed by atoms with van der Waals surface area (Å²) in [6, 6.07) is 8.98. The first-order valence-electron chi connectivity index (χ1n) is 10.2. The lowest BCUT2D eigenvalue weighted by molar-refractivity contribution is 0.381. The summed E-state index contributed by atoms with van der Waals surface area (Å²) in [5, 5.41) is 11.7. The van der Waals surface area contributed by atoms with E-state index in [1.165, 1.54) is 31.4 Å². The number of methoxy groups -OCH3 is 1. The zero-order valence-corrected chi connectivity index (χ0v) is 17.3. The number of anilines is 1. The molecule has 1 aliphatic rings. The first-order valence-corrected chi connectivity index (χ1v) is 10.2. The van der Waals surface area contributed by atoms with Crippen LogP contribution in [0.1, 0.15) is 18.4 Å². The van der Waals surface area contributed by atoms with E-state index < -0.39 is 11.6 Å². The van der Waals surface area contributed by atoms with Gasteiger partial charge in [-0.3, -0.25) is 0 Å². The van der Waals surface area contributed by atoms with Crippen LogP contribution in [0.5, 0.6) is 11.8 Å². The van der Waals surface area contributed by atoms with Gasteiger partial charge in [0.15, 0.2) is 5.82 Å². The summed E-state index contributed by atoms with van der Waals surface area (Å²) in [6.07, 6.45) is 7.63. The minimum atomic E-state index is -0.622. The molecule has 1 aromatic heterocycles. The molecule has 0 spiro atoms. The van der Waals surface area contributed by atoms with Gasteiger partial charge in [0.25, 0.3) is 0 Å². The Hall–Kier alpha value is -3.92. The predicted octanol–water partition coefficient (Wildman–Crippen LogP) is 5.02. The number of hydrogen-bond acceptors (Lipinski definition) is 5. The Kier molecular flexibility index (Phi) is 4.78. The normalized spacial score (nSPS) is 13.6. The van der Waals surface area contributed by atoms with Gasteiger partial charge in [-0.05, 0) is 48.1 Å². The SMILES string of the molecule is C#Cc1c(F)ccc2cc(O)cc(-c3ccc4c(N5CCCC5)nc(OC)nc4c3F)c12. The largest absolute Gasteiger partial charge is 0.508 e. The zero-order valence-electron chi connectivity index (χ0n) is 17.3. The minimum Gasteiger partial charge on any atom is -0.508 e. The molecule has 4 aromatic rings. The third-order valence-corrected chi connectivity index (χ3v) is 5.84. The van der Waals surface area contributed by atoms with Crippen molar-refractivity contribution in [1.29, 1.82) is 0 Å². The van der Waals surface area contributed by atoms with Crippen molar-refractivity contribution in [2.24, 2.45) is 0 Å². The monoisotopic (exact) mass is 431 g/mol. The third-order valence-electron chi connectivity index (χ3n) is 5.84.